The van der Waals surface area contributed by atoms with Crippen LogP contribution >= 0.6 is 0 Å². The minimum absolute atomic E-state index is 0.0409. The second-order valence-electron chi connectivity index (χ2n) is 9.70. The highest BCUT2D eigenvalue weighted by Crippen LogP contribution is 2.46. The van der Waals surface area contributed by atoms with Gasteiger partial charge >= 0.3 is 6.18 Å². The number of aliphatic hydroxyl groups is 1. The van der Waals surface area contributed by atoms with Gasteiger partial charge in [0.15, 0.2) is 0 Å². The Bertz CT molecular complexity index is 1130. The second-order valence-corrected chi connectivity index (χ2v) is 9.70. The molecule has 2 aromatic carbocycles. The number of nitriles is 1. The molecule has 2 aliphatic rings. The highest BCUT2D eigenvalue weighted by molar-refractivity contribution is 5.95. The average molecular weight is 487 g/mol. The number of carbonyl (C=O) groups is 1. The molecule has 2 heterocycles. The number of halogens is 3. The van der Waals surface area contributed by atoms with Crippen molar-refractivity contribution in [1.29, 1.82) is 5.26 Å². The number of amides is 1. The predicted molar refractivity (Wildman–Crippen MR) is 127 cm³/mol. The lowest BCUT2D eigenvalue weighted by atomic mass is 9.71. The summed E-state index contributed by atoms with van der Waals surface area (Å²) >= 11 is 0. The van der Waals surface area contributed by atoms with Crippen LogP contribution in [0.5, 0.6) is 0 Å². The topological polar surface area (TPSA) is 70.8 Å². The van der Waals surface area contributed by atoms with Crippen LogP contribution in [-0.4, -0.2) is 62.8 Å². The number of likely N-dealkylation sites (tertiary alicyclic amines) is 1. The first kappa shape index (κ1) is 24.9. The molecule has 2 fully saturated rings. The summed E-state index contributed by atoms with van der Waals surface area (Å²) < 4.78 is 40.4. The van der Waals surface area contributed by atoms with Gasteiger partial charge in [-0.3, -0.25) is 4.79 Å². The van der Waals surface area contributed by atoms with Crippen LogP contribution in [0.2, 0.25) is 0 Å². The van der Waals surface area contributed by atoms with Crippen LogP contribution in [0.4, 0.5) is 24.5 Å². The summed E-state index contributed by atoms with van der Waals surface area (Å²) in [6.07, 6.45) is -3.29. The number of carbonyl (C=O) groups excluding carboxylic acids is 1. The van der Waals surface area contributed by atoms with E-state index in [2.05, 4.69) is 0 Å². The van der Waals surface area contributed by atoms with Gasteiger partial charge in [-0.15, -0.1) is 0 Å². The summed E-state index contributed by atoms with van der Waals surface area (Å²) in [4.78, 5) is 18.8. The molecular formula is C26H29F3N4O2. The largest absolute Gasteiger partial charge is 0.417 e. The van der Waals surface area contributed by atoms with Crippen LogP contribution in [0.1, 0.15) is 34.3 Å². The predicted octanol–water partition coefficient (Wildman–Crippen LogP) is 3.99. The third-order valence-electron chi connectivity index (χ3n) is 7.48. The smallest absolute Gasteiger partial charge is 0.396 e. The van der Waals surface area contributed by atoms with Crippen LogP contribution in [0.25, 0.3) is 0 Å². The van der Waals surface area contributed by atoms with Crippen LogP contribution in [0.15, 0.2) is 42.5 Å². The van der Waals surface area contributed by atoms with Crippen molar-refractivity contribution in [2.45, 2.75) is 19.0 Å². The maximum absolute atomic E-state index is 13.5. The van der Waals surface area contributed by atoms with Gasteiger partial charge in [-0.25, -0.2) is 0 Å². The number of alkyl halides is 3. The minimum atomic E-state index is -4.62. The van der Waals surface area contributed by atoms with Gasteiger partial charge in [-0.1, -0.05) is 6.07 Å². The standard InChI is InChI=1S/C26H29F3N4O2/c1-31(2)21-5-3-4-18(12-21)24(35)32-10-8-25(9-11-32)17-33(15-20(25)16-34)22-7-6-19(14-30)23(13-22)26(27,28)29/h3-7,12-13,20,34H,8-11,15-17H2,1-2H3. The molecule has 35 heavy (non-hydrogen) atoms. The first-order valence-corrected chi connectivity index (χ1v) is 11.6. The fourth-order valence-electron chi connectivity index (χ4n) is 5.36. The molecule has 1 amide bonds. The van der Waals surface area contributed by atoms with E-state index in [-0.39, 0.29) is 23.8 Å². The Labute approximate surface area is 203 Å². The molecular weight excluding hydrogens is 457 g/mol. The molecule has 6 nitrogen and oxygen atoms in total. The summed E-state index contributed by atoms with van der Waals surface area (Å²) in [7, 11) is 3.83. The second kappa shape index (κ2) is 9.42. The van der Waals surface area contributed by atoms with Crippen LogP contribution in [0, 0.1) is 22.7 Å². The molecule has 0 bridgehead atoms. The molecule has 0 saturated carbocycles. The maximum atomic E-state index is 13.5. The molecule has 1 unspecified atom stereocenters. The molecule has 2 saturated heterocycles. The van der Waals surface area contributed by atoms with Crippen molar-refractivity contribution < 1.29 is 23.1 Å². The molecule has 0 aliphatic carbocycles. The van der Waals surface area contributed by atoms with E-state index in [0.717, 1.165) is 11.8 Å². The summed E-state index contributed by atoms with van der Waals surface area (Å²) in [5, 5.41) is 19.2. The Morgan fingerprint density at radius 2 is 1.91 bits per heavy atom. The summed E-state index contributed by atoms with van der Waals surface area (Å²) in [5.41, 5.74) is 0.320. The number of hydrogen-bond acceptors (Lipinski definition) is 5. The van der Waals surface area contributed by atoms with Crippen LogP contribution < -0.4 is 9.80 Å². The number of hydrogen-bond donors (Lipinski definition) is 1. The molecule has 1 atom stereocenters. The van der Waals surface area contributed by atoms with Crippen molar-refractivity contribution in [3.05, 3.63) is 59.2 Å². The minimum Gasteiger partial charge on any atom is -0.396 e. The number of aliphatic hydroxyl groups excluding tert-OH is 1. The van der Waals surface area contributed by atoms with Crippen LogP contribution in [-0.2, 0) is 6.18 Å². The Balaban J connectivity index is 1.50. The summed E-state index contributed by atoms with van der Waals surface area (Å²) in [6, 6.07) is 12.9. The highest BCUT2D eigenvalue weighted by Gasteiger charge is 2.48. The first-order valence-electron chi connectivity index (χ1n) is 11.6. The monoisotopic (exact) mass is 486 g/mol. The van der Waals surface area contributed by atoms with Gasteiger partial charge in [0, 0.05) is 69.7 Å². The first-order chi connectivity index (χ1) is 16.6. The van der Waals surface area contributed by atoms with E-state index < -0.39 is 17.3 Å². The highest BCUT2D eigenvalue weighted by atomic mass is 19.4. The summed E-state index contributed by atoms with van der Waals surface area (Å²) in [6.45, 7) is 1.91. The van der Waals surface area contributed by atoms with E-state index in [1.54, 1.807) is 12.1 Å². The Morgan fingerprint density at radius 3 is 2.51 bits per heavy atom. The van der Waals surface area contributed by atoms with Gasteiger partial charge in [-0.05, 0) is 54.7 Å². The Hall–Kier alpha value is -3.25. The molecule has 2 aliphatic heterocycles. The third kappa shape index (κ3) is 4.80. The zero-order chi connectivity index (χ0) is 25.4. The molecule has 4 rings (SSSR count). The van der Waals surface area contributed by atoms with E-state index in [1.165, 1.54) is 12.1 Å². The van der Waals surface area contributed by atoms with E-state index in [0.29, 0.717) is 50.3 Å². The van der Waals surface area contributed by atoms with Crippen molar-refractivity contribution in [2.24, 2.45) is 11.3 Å². The molecule has 0 radical (unpaired) electrons. The maximum Gasteiger partial charge on any atom is 0.417 e. The molecule has 1 spiro atoms. The lowest BCUT2D eigenvalue weighted by molar-refractivity contribution is -0.137. The van der Waals surface area contributed by atoms with Gasteiger partial charge < -0.3 is 19.8 Å². The van der Waals surface area contributed by atoms with Crippen molar-refractivity contribution in [3.8, 4) is 6.07 Å². The molecule has 2 aromatic rings. The third-order valence-corrected chi connectivity index (χ3v) is 7.48. The number of benzene rings is 2. The van der Waals surface area contributed by atoms with Crippen molar-refractivity contribution in [1.82, 2.24) is 4.90 Å². The lowest BCUT2D eigenvalue weighted by Gasteiger charge is -2.42. The van der Waals surface area contributed by atoms with Crippen molar-refractivity contribution in [2.75, 3.05) is 56.7 Å². The van der Waals surface area contributed by atoms with E-state index in [9.17, 15) is 23.1 Å². The quantitative estimate of drug-likeness (QED) is 0.708. The molecule has 1 N–H and O–H groups in total. The van der Waals surface area contributed by atoms with E-state index >= 15 is 0 Å². The number of piperidine rings is 1. The van der Waals surface area contributed by atoms with E-state index in [4.69, 9.17) is 5.26 Å². The van der Waals surface area contributed by atoms with Crippen molar-refractivity contribution >= 4 is 17.3 Å². The average Bonchev–Trinajstić information content (AvgIpc) is 3.21. The number of rotatable bonds is 4. The Kier molecular flexibility index (Phi) is 6.69. The number of nitrogens with zero attached hydrogens (tertiary/aromatic N) is 4. The van der Waals surface area contributed by atoms with Crippen LogP contribution in [0.3, 0.4) is 0 Å². The summed E-state index contributed by atoms with van der Waals surface area (Å²) in [5.74, 6) is -0.150. The van der Waals surface area contributed by atoms with Gasteiger partial charge in [0.05, 0.1) is 17.2 Å². The normalized spacial score (nSPS) is 19.6. The Morgan fingerprint density at radius 1 is 1.20 bits per heavy atom. The fourth-order valence-corrected chi connectivity index (χ4v) is 5.36. The van der Waals surface area contributed by atoms with Gasteiger partial charge in [0.25, 0.3) is 5.91 Å². The van der Waals surface area contributed by atoms with Gasteiger partial charge in [0.1, 0.15) is 0 Å². The van der Waals surface area contributed by atoms with E-state index in [1.807, 2.05) is 47.0 Å². The number of anilines is 2. The molecule has 9 heteroatoms. The zero-order valence-corrected chi connectivity index (χ0v) is 19.8. The van der Waals surface area contributed by atoms with Gasteiger partial charge in [-0.2, -0.15) is 18.4 Å². The SMILES string of the molecule is CN(C)c1cccc(C(=O)N2CCC3(CC2)CN(c2ccc(C#N)c(C(F)(F)F)c2)CC3CO)c1. The molecule has 186 valence electrons. The zero-order valence-electron chi connectivity index (χ0n) is 19.8. The van der Waals surface area contributed by atoms with Gasteiger partial charge in [0.2, 0.25) is 0 Å². The lowest BCUT2D eigenvalue weighted by Crippen LogP contribution is -2.47. The molecule has 0 aromatic heterocycles. The fraction of sp³-hybridized carbons (Fsp3) is 0.462. The van der Waals surface area contributed by atoms with Crippen molar-refractivity contribution in [3.63, 3.8) is 0 Å².